The van der Waals surface area contributed by atoms with Crippen molar-refractivity contribution in [3.63, 3.8) is 0 Å². The molecule has 0 rings (SSSR count). The van der Waals surface area contributed by atoms with E-state index >= 15 is 0 Å². The fourth-order valence-electron chi connectivity index (χ4n) is 1.34. The monoisotopic (exact) mass is 180 g/mol. The Morgan fingerprint density at radius 3 is 2.31 bits per heavy atom. The molecule has 0 aromatic rings. The Labute approximate surface area is 81.9 Å². The summed E-state index contributed by atoms with van der Waals surface area (Å²) in [7, 11) is 0. The van der Waals surface area contributed by atoms with Gasteiger partial charge in [-0.1, -0.05) is 20.3 Å². The SMILES string of the molecule is C#CCCC(CCC(C)C)C(C)=O. The zero-order valence-corrected chi connectivity index (χ0v) is 8.97. The Hall–Kier alpha value is -0.770. The van der Waals surface area contributed by atoms with Crippen LogP contribution in [0.1, 0.15) is 46.5 Å². The fraction of sp³-hybridized carbons (Fsp3) is 0.750. The molecule has 0 fully saturated rings. The molecule has 74 valence electrons. The second kappa shape index (κ2) is 6.71. The van der Waals surface area contributed by atoms with Crippen molar-refractivity contribution in [2.75, 3.05) is 0 Å². The molecule has 1 nitrogen and oxygen atoms in total. The molecule has 1 atom stereocenters. The van der Waals surface area contributed by atoms with E-state index in [4.69, 9.17) is 6.42 Å². The Kier molecular flexibility index (Phi) is 6.32. The highest BCUT2D eigenvalue weighted by molar-refractivity contribution is 5.78. The summed E-state index contributed by atoms with van der Waals surface area (Å²) >= 11 is 0. The van der Waals surface area contributed by atoms with E-state index in [1.807, 2.05) is 0 Å². The second-order valence-corrected chi connectivity index (χ2v) is 4.02. The van der Waals surface area contributed by atoms with Crippen LogP contribution < -0.4 is 0 Å². The van der Waals surface area contributed by atoms with Gasteiger partial charge in [0.2, 0.25) is 0 Å². The molecule has 13 heavy (non-hydrogen) atoms. The van der Waals surface area contributed by atoms with E-state index in [9.17, 15) is 4.79 Å². The minimum atomic E-state index is 0.193. The van der Waals surface area contributed by atoms with Crippen LogP contribution in [0.3, 0.4) is 0 Å². The largest absolute Gasteiger partial charge is 0.300 e. The van der Waals surface area contributed by atoms with E-state index < -0.39 is 0 Å². The van der Waals surface area contributed by atoms with Gasteiger partial charge in [0, 0.05) is 12.3 Å². The van der Waals surface area contributed by atoms with Gasteiger partial charge >= 0.3 is 0 Å². The summed E-state index contributed by atoms with van der Waals surface area (Å²) in [6, 6.07) is 0. The first-order chi connectivity index (χ1) is 6.07. The summed E-state index contributed by atoms with van der Waals surface area (Å²) in [5.74, 6) is 3.74. The first-order valence-corrected chi connectivity index (χ1v) is 5.01. The van der Waals surface area contributed by atoms with Crippen molar-refractivity contribution in [1.29, 1.82) is 0 Å². The van der Waals surface area contributed by atoms with Gasteiger partial charge in [0.15, 0.2) is 0 Å². The Morgan fingerprint density at radius 1 is 1.31 bits per heavy atom. The third-order valence-corrected chi connectivity index (χ3v) is 2.30. The normalized spacial score (nSPS) is 12.5. The molecule has 0 aliphatic carbocycles. The third kappa shape index (κ3) is 6.40. The molecule has 1 unspecified atom stereocenters. The molecule has 0 aliphatic heterocycles. The van der Waals surface area contributed by atoms with Crippen LogP contribution in [0, 0.1) is 24.2 Å². The predicted molar refractivity (Wildman–Crippen MR) is 56.3 cm³/mol. The zero-order chi connectivity index (χ0) is 10.3. The van der Waals surface area contributed by atoms with E-state index in [1.165, 1.54) is 0 Å². The van der Waals surface area contributed by atoms with Gasteiger partial charge in [-0.25, -0.2) is 0 Å². The summed E-state index contributed by atoms with van der Waals surface area (Å²) in [5.41, 5.74) is 0. The molecule has 0 bridgehead atoms. The van der Waals surface area contributed by atoms with Crippen molar-refractivity contribution in [2.45, 2.75) is 46.5 Å². The number of carbonyl (C=O) groups excluding carboxylic acids is 1. The van der Waals surface area contributed by atoms with Crippen molar-refractivity contribution in [3.8, 4) is 12.3 Å². The van der Waals surface area contributed by atoms with Crippen molar-refractivity contribution in [2.24, 2.45) is 11.8 Å². The number of ketones is 1. The van der Waals surface area contributed by atoms with Crippen LogP contribution in [0.5, 0.6) is 0 Å². The molecule has 0 saturated carbocycles. The standard InChI is InChI=1S/C12H20O/c1-5-6-7-12(11(4)13)9-8-10(2)3/h1,10,12H,6-9H2,2-4H3. The Morgan fingerprint density at radius 2 is 1.92 bits per heavy atom. The first kappa shape index (κ1) is 12.2. The smallest absolute Gasteiger partial charge is 0.132 e. The third-order valence-electron chi connectivity index (χ3n) is 2.30. The van der Waals surface area contributed by atoms with E-state index in [-0.39, 0.29) is 11.7 Å². The lowest BCUT2D eigenvalue weighted by Crippen LogP contribution is -2.11. The maximum absolute atomic E-state index is 11.2. The summed E-state index contributed by atoms with van der Waals surface area (Å²) in [5, 5.41) is 0. The molecule has 0 aromatic carbocycles. The topological polar surface area (TPSA) is 17.1 Å². The van der Waals surface area contributed by atoms with Crippen LogP contribution >= 0.6 is 0 Å². The van der Waals surface area contributed by atoms with Gasteiger partial charge in [-0.15, -0.1) is 12.3 Å². The predicted octanol–water partition coefficient (Wildman–Crippen LogP) is 3.04. The first-order valence-electron chi connectivity index (χ1n) is 5.01. The second-order valence-electron chi connectivity index (χ2n) is 4.02. The Bertz CT molecular complexity index is 186. The summed E-state index contributed by atoms with van der Waals surface area (Å²) < 4.78 is 0. The summed E-state index contributed by atoms with van der Waals surface area (Å²) in [6.07, 6.45) is 8.87. The van der Waals surface area contributed by atoms with Crippen LogP contribution in [-0.2, 0) is 4.79 Å². The molecule has 0 N–H and O–H groups in total. The average Bonchev–Trinajstić information content (AvgIpc) is 2.03. The minimum Gasteiger partial charge on any atom is -0.300 e. The molecule has 0 spiro atoms. The minimum absolute atomic E-state index is 0.193. The lowest BCUT2D eigenvalue weighted by molar-refractivity contribution is -0.121. The molecular weight excluding hydrogens is 160 g/mol. The highest BCUT2D eigenvalue weighted by atomic mass is 16.1. The van der Waals surface area contributed by atoms with Gasteiger partial charge in [-0.2, -0.15) is 0 Å². The average molecular weight is 180 g/mol. The maximum Gasteiger partial charge on any atom is 0.132 e. The quantitative estimate of drug-likeness (QED) is 0.574. The number of hydrogen-bond donors (Lipinski definition) is 0. The fourth-order valence-corrected chi connectivity index (χ4v) is 1.34. The van der Waals surface area contributed by atoms with E-state index in [0.717, 1.165) is 25.7 Å². The van der Waals surface area contributed by atoms with Crippen molar-refractivity contribution < 1.29 is 4.79 Å². The van der Waals surface area contributed by atoms with Crippen molar-refractivity contribution in [3.05, 3.63) is 0 Å². The van der Waals surface area contributed by atoms with Crippen molar-refractivity contribution in [1.82, 2.24) is 0 Å². The number of terminal acetylenes is 1. The number of hydrogen-bond acceptors (Lipinski definition) is 1. The van der Waals surface area contributed by atoms with Crippen LogP contribution in [0.25, 0.3) is 0 Å². The van der Waals surface area contributed by atoms with Crippen LogP contribution in [0.15, 0.2) is 0 Å². The summed E-state index contributed by atoms with van der Waals surface area (Å²) in [4.78, 5) is 11.2. The molecule has 0 saturated heterocycles. The Balaban J connectivity index is 3.82. The van der Waals surface area contributed by atoms with E-state index in [0.29, 0.717) is 5.92 Å². The molecule has 0 aromatic heterocycles. The highest BCUT2D eigenvalue weighted by Crippen LogP contribution is 2.17. The lowest BCUT2D eigenvalue weighted by Gasteiger charge is -2.13. The van der Waals surface area contributed by atoms with Gasteiger partial charge in [-0.05, 0) is 25.7 Å². The van der Waals surface area contributed by atoms with Gasteiger partial charge < -0.3 is 0 Å². The number of carbonyl (C=O) groups is 1. The molecular formula is C12H20O. The van der Waals surface area contributed by atoms with Gasteiger partial charge in [0.05, 0.1) is 0 Å². The van der Waals surface area contributed by atoms with Crippen LogP contribution in [0.2, 0.25) is 0 Å². The van der Waals surface area contributed by atoms with Gasteiger partial charge in [0.25, 0.3) is 0 Å². The van der Waals surface area contributed by atoms with E-state index in [1.54, 1.807) is 6.92 Å². The van der Waals surface area contributed by atoms with E-state index in [2.05, 4.69) is 19.8 Å². The molecule has 0 heterocycles. The molecule has 0 radical (unpaired) electrons. The lowest BCUT2D eigenvalue weighted by atomic mass is 9.91. The maximum atomic E-state index is 11.2. The molecule has 0 amide bonds. The highest BCUT2D eigenvalue weighted by Gasteiger charge is 2.13. The summed E-state index contributed by atoms with van der Waals surface area (Å²) in [6.45, 7) is 6.03. The van der Waals surface area contributed by atoms with Crippen LogP contribution in [0.4, 0.5) is 0 Å². The van der Waals surface area contributed by atoms with Crippen molar-refractivity contribution >= 4 is 5.78 Å². The molecule has 1 heteroatoms. The molecule has 0 aliphatic rings. The number of rotatable bonds is 6. The number of Topliss-reactive ketones (excluding diaryl/α,β-unsaturated/α-hetero) is 1. The van der Waals surface area contributed by atoms with Gasteiger partial charge in [0.1, 0.15) is 5.78 Å². The van der Waals surface area contributed by atoms with Gasteiger partial charge in [-0.3, -0.25) is 4.79 Å². The zero-order valence-electron chi connectivity index (χ0n) is 8.97. The van der Waals surface area contributed by atoms with Crippen LogP contribution in [-0.4, -0.2) is 5.78 Å².